The highest BCUT2D eigenvalue weighted by Crippen LogP contribution is 2.24. The Morgan fingerprint density at radius 3 is 1.55 bits per heavy atom. The molecule has 0 radical (unpaired) electrons. The van der Waals surface area contributed by atoms with Crippen LogP contribution >= 0.6 is 0 Å². The van der Waals surface area contributed by atoms with Gasteiger partial charge in [-0.1, -0.05) is 24.3 Å². The van der Waals surface area contributed by atoms with E-state index in [1.54, 1.807) is 48.5 Å². The minimum atomic E-state index is -0.907. The van der Waals surface area contributed by atoms with E-state index < -0.39 is 23.0 Å². The van der Waals surface area contributed by atoms with E-state index in [-0.39, 0.29) is 10.3 Å². The van der Waals surface area contributed by atoms with E-state index in [0.717, 1.165) is 24.3 Å². The summed E-state index contributed by atoms with van der Waals surface area (Å²) < 4.78 is 40.0. The smallest absolute Gasteiger partial charge is 0.254 e. The maximum Gasteiger partial charge on any atom is 0.254 e. The highest BCUT2D eigenvalue weighted by Gasteiger charge is 2.22. The summed E-state index contributed by atoms with van der Waals surface area (Å²) in [5, 5.41) is 22.0. The standard InChI is InChI=1S/C24H18F2N2O3/c1-30-19-7-3-16(4-8-19)11-21(25)23-13-18(15-27)14-24(28(23)29)22(26)12-17-5-9-20(31-2)10-6-17/h3-14H,1-2H3/b21-11-,22-12-. The van der Waals surface area contributed by atoms with E-state index >= 15 is 0 Å². The first kappa shape index (κ1) is 21.5. The zero-order valence-electron chi connectivity index (χ0n) is 16.8. The Morgan fingerprint density at radius 2 is 1.23 bits per heavy atom. The highest BCUT2D eigenvalue weighted by atomic mass is 19.1. The van der Waals surface area contributed by atoms with Crippen LogP contribution in [0.25, 0.3) is 23.8 Å². The molecule has 7 heteroatoms. The first-order valence-electron chi connectivity index (χ1n) is 9.16. The second-order valence-corrected chi connectivity index (χ2v) is 6.45. The molecule has 0 aliphatic rings. The van der Waals surface area contributed by atoms with Crippen LogP contribution in [0.3, 0.4) is 0 Å². The molecule has 0 N–H and O–H groups in total. The SMILES string of the molecule is COc1ccc(/C=C(\F)c2cc(C#N)cc(/C(F)=C/c3ccc(OC)cc3)[n+]2[O-])cc1. The van der Waals surface area contributed by atoms with Gasteiger partial charge in [-0.25, -0.2) is 0 Å². The van der Waals surface area contributed by atoms with Crippen molar-refractivity contribution in [1.29, 1.82) is 5.26 Å². The molecule has 1 aromatic heterocycles. The molecule has 0 aliphatic carbocycles. The fourth-order valence-corrected chi connectivity index (χ4v) is 2.82. The molecular formula is C24H18F2N2O3. The number of methoxy groups -OCH3 is 2. The zero-order chi connectivity index (χ0) is 22.4. The predicted octanol–water partition coefficient (Wildman–Crippen LogP) is 5.14. The fourth-order valence-electron chi connectivity index (χ4n) is 2.82. The molecule has 5 nitrogen and oxygen atoms in total. The Bertz CT molecular complexity index is 1090. The number of pyridine rings is 1. The third-order valence-corrected chi connectivity index (χ3v) is 4.46. The maximum absolute atomic E-state index is 14.9. The topological polar surface area (TPSA) is 69.2 Å². The van der Waals surface area contributed by atoms with Gasteiger partial charge in [-0.15, -0.1) is 0 Å². The van der Waals surface area contributed by atoms with Crippen molar-refractivity contribution in [2.75, 3.05) is 14.2 Å². The molecule has 0 aliphatic heterocycles. The summed E-state index contributed by atoms with van der Waals surface area (Å²) >= 11 is 0. The van der Waals surface area contributed by atoms with Crippen LogP contribution in [-0.4, -0.2) is 14.2 Å². The van der Waals surface area contributed by atoms with Crippen LogP contribution in [0, 0.1) is 16.5 Å². The molecule has 156 valence electrons. The number of benzene rings is 2. The van der Waals surface area contributed by atoms with Crippen molar-refractivity contribution in [2.45, 2.75) is 0 Å². The van der Waals surface area contributed by atoms with Gasteiger partial charge in [0.2, 0.25) is 0 Å². The van der Waals surface area contributed by atoms with Crippen molar-refractivity contribution in [3.05, 3.63) is 93.9 Å². The number of rotatable bonds is 6. The first-order chi connectivity index (χ1) is 14.9. The van der Waals surface area contributed by atoms with E-state index in [1.165, 1.54) is 14.2 Å². The average Bonchev–Trinajstić information content (AvgIpc) is 2.80. The summed E-state index contributed by atoms with van der Waals surface area (Å²) in [7, 11) is 3.02. The average molecular weight is 420 g/mol. The fraction of sp³-hybridized carbons (Fsp3) is 0.0833. The second-order valence-electron chi connectivity index (χ2n) is 6.45. The minimum Gasteiger partial charge on any atom is -0.618 e. The van der Waals surface area contributed by atoms with Gasteiger partial charge in [-0.2, -0.15) is 18.8 Å². The molecule has 0 saturated carbocycles. The number of hydrogen-bond acceptors (Lipinski definition) is 4. The summed E-state index contributed by atoms with van der Waals surface area (Å²) in [5.74, 6) is -0.626. The molecule has 0 spiro atoms. The largest absolute Gasteiger partial charge is 0.618 e. The van der Waals surface area contributed by atoms with Crippen LogP contribution in [0.2, 0.25) is 0 Å². The van der Waals surface area contributed by atoms with Gasteiger partial charge in [0.15, 0.2) is 11.7 Å². The van der Waals surface area contributed by atoms with Crippen molar-refractivity contribution < 1.29 is 23.0 Å². The van der Waals surface area contributed by atoms with Gasteiger partial charge in [-0.05, 0) is 47.5 Å². The van der Waals surface area contributed by atoms with Crippen LogP contribution in [0.4, 0.5) is 8.78 Å². The minimum absolute atomic E-state index is 0.0475. The number of halogens is 2. The molecular weight excluding hydrogens is 402 g/mol. The lowest BCUT2D eigenvalue weighted by Gasteiger charge is -2.08. The Balaban J connectivity index is 2.02. The Morgan fingerprint density at radius 1 is 0.839 bits per heavy atom. The van der Waals surface area contributed by atoms with Gasteiger partial charge in [0.1, 0.15) is 11.5 Å². The Labute approximate surface area is 178 Å². The van der Waals surface area contributed by atoms with E-state index in [0.29, 0.717) is 22.6 Å². The predicted molar refractivity (Wildman–Crippen MR) is 114 cm³/mol. The van der Waals surface area contributed by atoms with Crippen molar-refractivity contribution in [1.82, 2.24) is 0 Å². The summed E-state index contributed by atoms with van der Waals surface area (Å²) in [6.07, 6.45) is 2.25. The molecule has 3 rings (SSSR count). The van der Waals surface area contributed by atoms with E-state index in [2.05, 4.69) is 0 Å². The quantitative estimate of drug-likeness (QED) is 0.409. The molecule has 31 heavy (non-hydrogen) atoms. The number of aromatic nitrogens is 1. The third-order valence-electron chi connectivity index (χ3n) is 4.46. The Hall–Kier alpha value is -4.18. The lowest BCUT2D eigenvalue weighted by Crippen LogP contribution is -2.35. The summed E-state index contributed by atoms with van der Waals surface area (Å²) in [6.45, 7) is 0. The molecule has 1 heterocycles. The monoisotopic (exact) mass is 420 g/mol. The van der Waals surface area contributed by atoms with Gasteiger partial charge < -0.3 is 14.7 Å². The molecule has 2 aromatic carbocycles. The van der Waals surface area contributed by atoms with Crippen LogP contribution in [0.15, 0.2) is 60.7 Å². The Kier molecular flexibility index (Phi) is 6.63. The maximum atomic E-state index is 14.9. The lowest BCUT2D eigenvalue weighted by atomic mass is 10.1. The molecule has 0 saturated heterocycles. The lowest BCUT2D eigenvalue weighted by molar-refractivity contribution is -0.611. The van der Waals surface area contributed by atoms with Crippen molar-refractivity contribution >= 4 is 23.8 Å². The number of hydrogen-bond donors (Lipinski definition) is 0. The van der Waals surface area contributed by atoms with Crippen LogP contribution < -0.4 is 14.2 Å². The van der Waals surface area contributed by atoms with E-state index in [9.17, 15) is 19.2 Å². The molecule has 0 amide bonds. The van der Waals surface area contributed by atoms with E-state index in [1.807, 2.05) is 6.07 Å². The third kappa shape index (κ3) is 5.06. The van der Waals surface area contributed by atoms with Crippen molar-refractivity contribution in [3.8, 4) is 17.6 Å². The number of nitrogens with zero attached hydrogens (tertiary/aromatic N) is 2. The van der Waals surface area contributed by atoms with Crippen LogP contribution in [-0.2, 0) is 0 Å². The second kappa shape index (κ2) is 9.55. The van der Waals surface area contributed by atoms with Crippen molar-refractivity contribution in [2.24, 2.45) is 0 Å². The summed E-state index contributed by atoms with van der Waals surface area (Å²) in [5.41, 5.74) is -0.0483. The molecule has 3 aromatic rings. The number of nitriles is 1. The van der Waals surface area contributed by atoms with Gasteiger partial charge in [0.05, 0.1) is 25.9 Å². The van der Waals surface area contributed by atoms with E-state index in [4.69, 9.17) is 9.47 Å². The van der Waals surface area contributed by atoms with Crippen LogP contribution in [0.5, 0.6) is 11.5 Å². The summed E-state index contributed by atoms with van der Waals surface area (Å²) in [6, 6.07) is 16.9. The molecule has 0 fully saturated rings. The van der Waals surface area contributed by atoms with Gasteiger partial charge in [0.25, 0.3) is 11.4 Å². The van der Waals surface area contributed by atoms with Gasteiger partial charge in [0, 0.05) is 12.1 Å². The molecule has 0 atom stereocenters. The van der Waals surface area contributed by atoms with Gasteiger partial charge >= 0.3 is 0 Å². The zero-order valence-corrected chi connectivity index (χ0v) is 16.8. The van der Waals surface area contributed by atoms with Crippen LogP contribution in [0.1, 0.15) is 28.1 Å². The van der Waals surface area contributed by atoms with Crippen molar-refractivity contribution in [3.63, 3.8) is 0 Å². The first-order valence-corrected chi connectivity index (χ1v) is 9.16. The van der Waals surface area contributed by atoms with Gasteiger partial charge in [-0.3, -0.25) is 0 Å². The molecule has 0 bridgehead atoms. The molecule has 0 unspecified atom stereocenters. The normalized spacial score (nSPS) is 11.7. The highest BCUT2D eigenvalue weighted by molar-refractivity contribution is 5.77. The number of ether oxygens (including phenoxy) is 2. The summed E-state index contributed by atoms with van der Waals surface area (Å²) in [4.78, 5) is 0.